The van der Waals surface area contributed by atoms with Crippen LogP contribution >= 0.6 is 0 Å². The van der Waals surface area contributed by atoms with E-state index < -0.39 is 0 Å². The standard InChI is InChI=1S/C25H24N6O2/c1-3-24(32)29-18-9-19-6-7-20(10-18)31(19)23-8-5-16(13-27-23)22-11-21(33-4-2)15-30-25(22)17(12-26)14-28-30/h1,5,8,11,13-15,18-20H,4,6-7,9-10H2,2H3,(H,29,32). The number of hydrogen-bond acceptors (Lipinski definition) is 6. The molecule has 0 spiro atoms. The van der Waals surface area contributed by atoms with Gasteiger partial charge in [0.15, 0.2) is 0 Å². The number of piperidine rings is 1. The number of ether oxygens (including phenoxy) is 1. The third kappa shape index (κ3) is 3.74. The van der Waals surface area contributed by atoms with E-state index in [2.05, 4.69) is 27.3 Å². The molecule has 2 aliphatic heterocycles. The Labute approximate surface area is 192 Å². The zero-order valence-electron chi connectivity index (χ0n) is 18.4. The molecule has 0 aromatic carbocycles. The Morgan fingerprint density at radius 3 is 2.73 bits per heavy atom. The first kappa shape index (κ1) is 20.8. The van der Waals surface area contributed by atoms with Gasteiger partial charge in [0.05, 0.1) is 30.1 Å². The summed E-state index contributed by atoms with van der Waals surface area (Å²) in [6.07, 6.45) is 14.3. The van der Waals surface area contributed by atoms with Crippen molar-refractivity contribution in [1.29, 1.82) is 5.26 Å². The number of carbonyl (C=O) groups is 1. The number of nitrogens with zero attached hydrogens (tertiary/aromatic N) is 5. The lowest BCUT2D eigenvalue weighted by Gasteiger charge is -2.39. The molecule has 2 saturated heterocycles. The van der Waals surface area contributed by atoms with E-state index in [-0.39, 0.29) is 11.9 Å². The highest BCUT2D eigenvalue weighted by Gasteiger charge is 2.41. The van der Waals surface area contributed by atoms with Crippen molar-refractivity contribution < 1.29 is 9.53 Å². The summed E-state index contributed by atoms with van der Waals surface area (Å²) in [4.78, 5) is 18.8. The highest BCUT2D eigenvalue weighted by atomic mass is 16.5. The summed E-state index contributed by atoms with van der Waals surface area (Å²) in [6.45, 7) is 2.47. The van der Waals surface area contributed by atoms with E-state index in [1.165, 1.54) is 0 Å². The van der Waals surface area contributed by atoms with Crippen molar-refractivity contribution in [2.45, 2.75) is 50.7 Å². The van der Waals surface area contributed by atoms with Gasteiger partial charge >= 0.3 is 0 Å². The maximum atomic E-state index is 11.6. The molecule has 2 atom stereocenters. The van der Waals surface area contributed by atoms with Crippen molar-refractivity contribution >= 4 is 17.2 Å². The molecule has 2 aliphatic rings. The van der Waals surface area contributed by atoms with Gasteiger partial charge in [-0.3, -0.25) is 4.79 Å². The van der Waals surface area contributed by atoms with Gasteiger partial charge < -0.3 is 15.0 Å². The molecule has 2 bridgehead atoms. The Kier molecular flexibility index (Phi) is 5.35. The summed E-state index contributed by atoms with van der Waals surface area (Å²) in [5.41, 5.74) is 2.99. The Morgan fingerprint density at radius 1 is 1.30 bits per heavy atom. The van der Waals surface area contributed by atoms with Crippen LogP contribution in [-0.2, 0) is 4.79 Å². The van der Waals surface area contributed by atoms with Gasteiger partial charge in [0, 0.05) is 35.4 Å². The van der Waals surface area contributed by atoms with Crippen molar-refractivity contribution in [3.63, 3.8) is 0 Å². The van der Waals surface area contributed by atoms with Crippen molar-refractivity contribution in [3.05, 3.63) is 42.4 Å². The molecule has 2 unspecified atom stereocenters. The van der Waals surface area contributed by atoms with E-state index in [4.69, 9.17) is 16.1 Å². The van der Waals surface area contributed by atoms with Crippen LogP contribution < -0.4 is 15.0 Å². The number of anilines is 1. The van der Waals surface area contributed by atoms with Gasteiger partial charge in [-0.25, -0.2) is 9.50 Å². The van der Waals surface area contributed by atoms with Gasteiger partial charge in [0.2, 0.25) is 0 Å². The number of aromatic nitrogens is 3. The Bertz CT molecular complexity index is 1270. The molecular formula is C25H24N6O2. The Balaban J connectivity index is 1.44. The topological polar surface area (TPSA) is 95.5 Å². The van der Waals surface area contributed by atoms with E-state index >= 15 is 0 Å². The van der Waals surface area contributed by atoms with Crippen molar-refractivity contribution in [1.82, 2.24) is 19.9 Å². The fourth-order valence-corrected chi connectivity index (χ4v) is 5.24. The molecular weight excluding hydrogens is 416 g/mol. The SMILES string of the molecule is C#CC(=O)NC1CC2CCC(C1)N2c1ccc(-c2cc(OCC)cn3ncc(C#N)c23)cn1. The number of pyridine rings is 2. The number of rotatable bonds is 5. The maximum Gasteiger partial charge on any atom is 0.295 e. The maximum absolute atomic E-state index is 11.6. The predicted molar refractivity (Wildman–Crippen MR) is 124 cm³/mol. The monoisotopic (exact) mass is 440 g/mol. The van der Waals surface area contributed by atoms with E-state index in [1.54, 1.807) is 16.9 Å². The van der Waals surface area contributed by atoms with Gasteiger partial charge in [-0.1, -0.05) is 0 Å². The molecule has 1 amide bonds. The molecule has 8 heteroatoms. The van der Waals surface area contributed by atoms with Crippen LogP contribution in [0, 0.1) is 23.7 Å². The number of carbonyl (C=O) groups excluding carboxylic acids is 1. The lowest BCUT2D eigenvalue weighted by atomic mass is 9.97. The number of terminal acetylenes is 1. The molecule has 3 aromatic heterocycles. The largest absolute Gasteiger partial charge is 0.492 e. The number of fused-ring (bicyclic) bond motifs is 3. The van der Waals surface area contributed by atoms with E-state index in [0.29, 0.717) is 30.0 Å². The van der Waals surface area contributed by atoms with Crippen LogP contribution in [0.15, 0.2) is 36.8 Å². The third-order valence-corrected chi connectivity index (χ3v) is 6.54. The van der Waals surface area contributed by atoms with Crippen LogP contribution in [0.5, 0.6) is 5.75 Å². The van der Waals surface area contributed by atoms with Crippen LogP contribution in [0.2, 0.25) is 0 Å². The van der Waals surface area contributed by atoms with E-state index in [0.717, 1.165) is 48.1 Å². The summed E-state index contributed by atoms with van der Waals surface area (Å²) < 4.78 is 7.39. The van der Waals surface area contributed by atoms with Crippen molar-refractivity contribution in [2.24, 2.45) is 0 Å². The summed E-state index contributed by atoms with van der Waals surface area (Å²) >= 11 is 0. The second-order valence-corrected chi connectivity index (χ2v) is 8.47. The zero-order valence-corrected chi connectivity index (χ0v) is 18.4. The fraction of sp³-hybridized carbons (Fsp3) is 0.360. The quantitative estimate of drug-likeness (QED) is 0.613. The second kappa shape index (κ2) is 8.48. The highest BCUT2D eigenvalue weighted by Crippen LogP contribution is 2.39. The molecule has 0 radical (unpaired) electrons. The van der Waals surface area contributed by atoms with Crippen LogP contribution in [0.1, 0.15) is 38.2 Å². The number of nitrogens with one attached hydrogen (secondary N) is 1. The van der Waals surface area contributed by atoms with E-state index in [1.807, 2.05) is 31.3 Å². The smallest absolute Gasteiger partial charge is 0.295 e. The number of nitriles is 1. The van der Waals surface area contributed by atoms with Crippen LogP contribution in [-0.4, -0.2) is 45.2 Å². The highest BCUT2D eigenvalue weighted by molar-refractivity contribution is 5.93. The average molecular weight is 441 g/mol. The molecule has 3 aromatic rings. The number of amides is 1. The summed E-state index contributed by atoms with van der Waals surface area (Å²) in [7, 11) is 0. The first-order valence-corrected chi connectivity index (χ1v) is 11.2. The average Bonchev–Trinajstić information content (AvgIpc) is 3.36. The van der Waals surface area contributed by atoms with Crippen molar-refractivity contribution in [3.8, 4) is 35.3 Å². The molecule has 5 heterocycles. The molecule has 166 valence electrons. The van der Waals surface area contributed by atoms with E-state index in [9.17, 15) is 10.1 Å². The molecule has 1 N–H and O–H groups in total. The minimum absolute atomic E-state index is 0.113. The lowest BCUT2D eigenvalue weighted by molar-refractivity contribution is -0.116. The minimum Gasteiger partial charge on any atom is -0.492 e. The Morgan fingerprint density at radius 2 is 2.09 bits per heavy atom. The second-order valence-electron chi connectivity index (χ2n) is 8.47. The normalized spacial score (nSPS) is 21.4. The molecule has 5 rings (SSSR count). The van der Waals surface area contributed by atoms with Gasteiger partial charge in [-0.05, 0) is 56.7 Å². The van der Waals surface area contributed by atoms with Gasteiger partial charge in [-0.2, -0.15) is 10.4 Å². The molecule has 0 aliphatic carbocycles. The molecule has 33 heavy (non-hydrogen) atoms. The third-order valence-electron chi connectivity index (χ3n) is 6.54. The van der Waals surface area contributed by atoms with Gasteiger partial charge in [-0.15, -0.1) is 6.42 Å². The molecule has 0 saturated carbocycles. The lowest BCUT2D eigenvalue weighted by Crippen LogP contribution is -2.50. The van der Waals surface area contributed by atoms with Crippen LogP contribution in [0.4, 0.5) is 5.82 Å². The summed E-state index contributed by atoms with van der Waals surface area (Å²) in [6, 6.07) is 9.00. The fourth-order valence-electron chi connectivity index (χ4n) is 5.24. The summed E-state index contributed by atoms with van der Waals surface area (Å²) in [5.74, 6) is 3.42. The van der Waals surface area contributed by atoms with Gasteiger partial charge in [0.25, 0.3) is 5.91 Å². The van der Waals surface area contributed by atoms with Gasteiger partial charge in [0.1, 0.15) is 17.6 Å². The number of hydrogen-bond donors (Lipinski definition) is 1. The van der Waals surface area contributed by atoms with Crippen molar-refractivity contribution in [2.75, 3.05) is 11.5 Å². The zero-order chi connectivity index (χ0) is 22.9. The Hall–Kier alpha value is -4.04. The first-order chi connectivity index (χ1) is 16.1. The first-order valence-electron chi connectivity index (χ1n) is 11.2. The predicted octanol–water partition coefficient (Wildman–Crippen LogP) is 2.92. The molecule has 8 nitrogen and oxygen atoms in total. The minimum atomic E-state index is -0.340. The molecule has 2 fully saturated rings. The van der Waals surface area contributed by atoms with Crippen LogP contribution in [0.25, 0.3) is 16.6 Å². The van der Waals surface area contributed by atoms with Crippen LogP contribution in [0.3, 0.4) is 0 Å². The summed E-state index contributed by atoms with van der Waals surface area (Å²) in [5, 5.41) is 16.8.